The lowest BCUT2D eigenvalue weighted by Gasteiger charge is -2.16. The lowest BCUT2D eigenvalue weighted by Crippen LogP contribution is -2.31. The zero-order valence-corrected chi connectivity index (χ0v) is 21.5. The normalized spacial score (nSPS) is 12.0. The highest BCUT2D eigenvalue weighted by molar-refractivity contribution is 6.21. The number of methoxy groups -OCH3 is 4. The Balaban J connectivity index is 1.65. The molecule has 3 aromatic rings. The minimum absolute atomic E-state index is 0.0632. The Bertz CT molecular complexity index is 1190. The number of nitrogens with one attached hydrogen (secondary N) is 1. The number of ether oxygens (including phenoxy) is 5. The first-order valence-electron chi connectivity index (χ1n) is 11.7. The Morgan fingerprint density at radius 2 is 1.59 bits per heavy atom. The third kappa shape index (κ3) is 7.73. The van der Waals surface area contributed by atoms with Crippen molar-refractivity contribution < 1.29 is 33.6 Å². The highest BCUT2D eigenvalue weighted by Crippen LogP contribution is 2.27. The highest BCUT2D eigenvalue weighted by Gasteiger charge is 2.15. The van der Waals surface area contributed by atoms with E-state index >= 15 is 0 Å². The van der Waals surface area contributed by atoms with Crippen LogP contribution in [0.25, 0.3) is 11.6 Å². The van der Waals surface area contributed by atoms with Gasteiger partial charge in [-0.15, -0.1) is 0 Å². The standard InChI is InChI=1S/C29H33NO7/c1-33-24-12-9-20(10-13-24)26(29(32)36-4)15-21-7-5-6-8-27(21)37-19-23(31)18-30-17-22-11-14-25(34-2)16-28(22)35-3/h5-16,23,30-31H,17-19H2,1-4H3. The third-order valence-corrected chi connectivity index (χ3v) is 5.65. The predicted molar refractivity (Wildman–Crippen MR) is 142 cm³/mol. The molecule has 2 N–H and O–H groups in total. The van der Waals surface area contributed by atoms with Crippen LogP contribution in [0.4, 0.5) is 0 Å². The van der Waals surface area contributed by atoms with Gasteiger partial charge in [-0.2, -0.15) is 0 Å². The molecule has 0 fully saturated rings. The first-order valence-corrected chi connectivity index (χ1v) is 11.7. The minimum atomic E-state index is -0.761. The fraction of sp³-hybridized carbons (Fsp3) is 0.276. The molecule has 8 nitrogen and oxygen atoms in total. The molecule has 37 heavy (non-hydrogen) atoms. The van der Waals surface area contributed by atoms with Crippen molar-refractivity contribution in [1.82, 2.24) is 5.32 Å². The molecule has 0 amide bonds. The van der Waals surface area contributed by atoms with Gasteiger partial charge in [0.2, 0.25) is 0 Å². The Morgan fingerprint density at radius 3 is 2.27 bits per heavy atom. The molecule has 1 atom stereocenters. The quantitative estimate of drug-likeness (QED) is 0.204. The lowest BCUT2D eigenvalue weighted by molar-refractivity contribution is -0.133. The second-order valence-corrected chi connectivity index (χ2v) is 8.09. The number of para-hydroxylation sites is 1. The van der Waals surface area contributed by atoms with Crippen LogP contribution in [-0.4, -0.2) is 58.8 Å². The van der Waals surface area contributed by atoms with Crippen LogP contribution in [0.1, 0.15) is 16.7 Å². The van der Waals surface area contributed by atoms with E-state index in [2.05, 4.69) is 5.32 Å². The molecule has 0 aliphatic carbocycles. The summed E-state index contributed by atoms with van der Waals surface area (Å²) >= 11 is 0. The largest absolute Gasteiger partial charge is 0.497 e. The summed E-state index contributed by atoms with van der Waals surface area (Å²) in [7, 11) is 6.13. The highest BCUT2D eigenvalue weighted by atomic mass is 16.5. The molecule has 0 saturated carbocycles. The van der Waals surface area contributed by atoms with Crippen molar-refractivity contribution in [2.24, 2.45) is 0 Å². The Hall–Kier alpha value is -4.01. The SMILES string of the molecule is COC(=O)C(=Cc1ccccc1OCC(O)CNCc1ccc(OC)cc1OC)c1ccc(OC)cc1. The molecule has 196 valence electrons. The van der Waals surface area contributed by atoms with Crippen molar-refractivity contribution >= 4 is 17.6 Å². The maximum absolute atomic E-state index is 12.5. The molecule has 0 heterocycles. The van der Waals surface area contributed by atoms with Gasteiger partial charge in [-0.3, -0.25) is 0 Å². The summed E-state index contributed by atoms with van der Waals surface area (Å²) in [5.41, 5.74) is 2.68. The number of benzene rings is 3. The number of aliphatic hydroxyl groups is 1. The van der Waals surface area contributed by atoms with E-state index in [0.29, 0.717) is 52.8 Å². The van der Waals surface area contributed by atoms with E-state index in [1.54, 1.807) is 57.7 Å². The first kappa shape index (κ1) is 27.6. The van der Waals surface area contributed by atoms with Crippen LogP contribution in [0.5, 0.6) is 23.0 Å². The molecule has 0 aliphatic rings. The van der Waals surface area contributed by atoms with Crippen molar-refractivity contribution in [2.75, 3.05) is 41.6 Å². The molecule has 0 aromatic heterocycles. The fourth-order valence-electron chi connectivity index (χ4n) is 3.64. The second-order valence-electron chi connectivity index (χ2n) is 8.09. The van der Waals surface area contributed by atoms with Crippen molar-refractivity contribution in [1.29, 1.82) is 0 Å². The van der Waals surface area contributed by atoms with E-state index in [4.69, 9.17) is 23.7 Å². The molecule has 0 bridgehead atoms. The van der Waals surface area contributed by atoms with Crippen molar-refractivity contribution in [3.8, 4) is 23.0 Å². The monoisotopic (exact) mass is 507 g/mol. The Kier molecular flexibility index (Phi) is 10.4. The number of carbonyl (C=O) groups excluding carboxylic acids is 1. The van der Waals surface area contributed by atoms with E-state index in [1.165, 1.54) is 7.11 Å². The Morgan fingerprint density at radius 1 is 0.892 bits per heavy atom. The van der Waals surface area contributed by atoms with Crippen LogP contribution in [-0.2, 0) is 16.1 Å². The molecule has 3 rings (SSSR count). The van der Waals surface area contributed by atoms with Crippen LogP contribution in [0.15, 0.2) is 66.7 Å². The average molecular weight is 508 g/mol. The number of esters is 1. The van der Waals surface area contributed by atoms with Gasteiger partial charge >= 0.3 is 5.97 Å². The summed E-state index contributed by atoms with van der Waals surface area (Å²) in [4.78, 5) is 12.5. The number of rotatable bonds is 13. The first-order chi connectivity index (χ1) is 18.0. The number of carbonyl (C=O) groups is 1. The van der Waals surface area contributed by atoms with Gasteiger partial charge in [-0.05, 0) is 35.9 Å². The lowest BCUT2D eigenvalue weighted by atomic mass is 10.0. The number of hydrogen-bond donors (Lipinski definition) is 2. The molecule has 0 spiro atoms. The second kappa shape index (κ2) is 13.9. The summed E-state index contributed by atoms with van der Waals surface area (Å²) < 4.78 is 26.8. The minimum Gasteiger partial charge on any atom is -0.497 e. The van der Waals surface area contributed by atoms with Crippen LogP contribution < -0.4 is 24.3 Å². The van der Waals surface area contributed by atoms with Crippen molar-refractivity contribution in [2.45, 2.75) is 12.6 Å². The molecule has 1 unspecified atom stereocenters. The topological polar surface area (TPSA) is 95.5 Å². The Labute approximate surface area is 217 Å². The van der Waals surface area contributed by atoms with Crippen molar-refractivity contribution in [3.63, 3.8) is 0 Å². The molecule has 0 radical (unpaired) electrons. The average Bonchev–Trinajstić information content (AvgIpc) is 2.95. The summed E-state index contributed by atoms with van der Waals surface area (Å²) in [6.07, 6.45) is 0.951. The van der Waals surface area contributed by atoms with E-state index in [9.17, 15) is 9.90 Å². The van der Waals surface area contributed by atoms with Gasteiger partial charge in [0.05, 0.1) is 34.0 Å². The van der Waals surface area contributed by atoms with Crippen LogP contribution in [0, 0.1) is 0 Å². The molecule has 0 aliphatic heterocycles. The maximum atomic E-state index is 12.5. The van der Waals surface area contributed by atoms with Gasteiger partial charge in [0.15, 0.2) is 0 Å². The zero-order valence-electron chi connectivity index (χ0n) is 21.5. The van der Waals surface area contributed by atoms with Gasteiger partial charge in [0.25, 0.3) is 0 Å². The predicted octanol–water partition coefficient (Wildman–Crippen LogP) is 3.96. The van der Waals surface area contributed by atoms with E-state index in [0.717, 1.165) is 5.56 Å². The molecule has 0 saturated heterocycles. The summed E-state index contributed by atoms with van der Waals surface area (Å²) in [5, 5.41) is 13.7. The van der Waals surface area contributed by atoms with Crippen LogP contribution in [0.2, 0.25) is 0 Å². The number of aliphatic hydroxyl groups excluding tert-OH is 1. The van der Waals surface area contributed by atoms with Gasteiger partial charge in [0.1, 0.15) is 35.7 Å². The van der Waals surface area contributed by atoms with Crippen LogP contribution >= 0.6 is 0 Å². The van der Waals surface area contributed by atoms with Gasteiger partial charge in [-0.25, -0.2) is 4.79 Å². The molecular weight excluding hydrogens is 474 g/mol. The summed E-state index contributed by atoms with van der Waals surface area (Å²) in [6, 6.07) is 20.0. The molecule has 3 aromatic carbocycles. The molecular formula is C29H33NO7. The van der Waals surface area contributed by atoms with Crippen LogP contribution in [0.3, 0.4) is 0 Å². The van der Waals surface area contributed by atoms with Gasteiger partial charge in [-0.1, -0.05) is 36.4 Å². The van der Waals surface area contributed by atoms with Gasteiger partial charge in [0, 0.05) is 30.3 Å². The molecule has 8 heteroatoms. The van der Waals surface area contributed by atoms with E-state index < -0.39 is 12.1 Å². The summed E-state index contributed by atoms with van der Waals surface area (Å²) in [5.74, 6) is 2.16. The van der Waals surface area contributed by atoms with E-state index in [-0.39, 0.29) is 6.61 Å². The summed E-state index contributed by atoms with van der Waals surface area (Å²) in [6.45, 7) is 0.883. The van der Waals surface area contributed by atoms with Crippen molar-refractivity contribution in [3.05, 3.63) is 83.4 Å². The fourth-order valence-corrected chi connectivity index (χ4v) is 3.64. The third-order valence-electron chi connectivity index (χ3n) is 5.65. The number of hydrogen-bond acceptors (Lipinski definition) is 8. The smallest absolute Gasteiger partial charge is 0.338 e. The maximum Gasteiger partial charge on any atom is 0.338 e. The van der Waals surface area contributed by atoms with Gasteiger partial charge < -0.3 is 34.1 Å². The zero-order chi connectivity index (χ0) is 26.6. The van der Waals surface area contributed by atoms with E-state index in [1.807, 2.05) is 36.4 Å².